The Kier molecular flexibility index (Phi) is 3.99. The number of hydrogen-bond donors (Lipinski definition) is 1. The third-order valence-electron chi connectivity index (χ3n) is 2.58. The molecule has 0 spiro atoms. The first-order valence-corrected chi connectivity index (χ1v) is 5.90. The normalized spacial score (nSPS) is 26.1. The van der Waals surface area contributed by atoms with Crippen LogP contribution in [0.4, 0.5) is 0 Å². The van der Waals surface area contributed by atoms with Crippen LogP contribution in [0.15, 0.2) is 30.3 Å². The summed E-state index contributed by atoms with van der Waals surface area (Å²) in [5.74, 6) is 0. The van der Waals surface area contributed by atoms with Crippen LogP contribution in [-0.2, 0) is 4.74 Å². The van der Waals surface area contributed by atoms with Gasteiger partial charge in [-0.15, -0.1) is 0 Å². The molecule has 1 aliphatic rings. The lowest BCUT2D eigenvalue weighted by atomic mass is 10.1. The minimum Gasteiger partial charge on any atom is -0.378 e. The van der Waals surface area contributed by atoms with Gasteiger partial charge in [-0.2, -0.15) is 0 Å². The van der Waals surface area contributed by atoms with Crippen LogP contribution < -0.4 is 5.32 Å². The van der Waals surface area contributed by atoms with Crippen molar-refractivity contribution < 1.29 is 4.74 Å². The van der Waals surface area contributed by atoms with Crippen LogP contribution in [0.1, 0.15) is 12.5 Å². The molecule has 0 aromatic heterocycles. The molecule has 0 bridgehead atoms. The van der Waals surface area contributed by atoms with Crippen molar-refractivity contribution in [2.75, 3.05) is 13.2 Å². The predicted octanol–water partition coefficient (Wildman–Crippen LogP) is 2.73. The minimum atomic E-state index is 0.278. The molecule has 1 saturated heterocycles. The summed E-state index contributed by atoms with van der Waals surface area (Å²) in [6.45, 7) is 3.64. The van der Waals surface area contributed by atoms with E-state index in [4.69, 9.17) is 16.3 Å². The van der Waals surface area contributed by atoms with Crippen molar-refractivity contribution in [2.45, 2.75) is 19.0 Å². The molecule has 0 radical (unpaired) electrons. The van der Waals surface area contributed by atoms with E-state index in [1.165, 1.54) is 0 Å². The smallest absolute Gasteiger partial charge is 0.0656 e. The van der Waals surface area contributed by atoms with E-state index in [9.17, 15) is 0 Å². The summed E-state index contributed by atoms with van der Waals surface area (Å²) >= 11 is 6.07. The van der Waals surface area contributed by atoms with Crippen molar-refractivity contribution in [1.29, 1.82) is 0 Å². The summed E-state index contributed by atoms with van der Waals surface area (Å²) < 4.78 is 5.47. The molecule has 16 heavy (non-hydrogen) atoms. The molecule has 1 aliphatic heterocycles. The van der Waals surface area contributed by atoms with E-state index >= 15 is 0 Å². The van der Waals surface area contributed by atoms with E-state index in [0.717, 1.165) is 23.8 Å². The molecule has 2 rings (SSSR count). The molecule has 86 valence electrons. The zero-order valence-electron chi connectivity index (χ0n) is 9.32. The molecule has 2 atom stereocenters. The van der Waals surface area contributed by atoms with E-state index in [2.05, 4.69) is 18.3 Å². The molecular formula is C13H16ClNO. The molecule has 1 heterocycles. The van der Waals surface area contributed by atoms with Gasteiger partial charge in [0.25, 0.3) is 0 Å². The predicted molar refractivity (Wildman–Crippen MR) is 67.7 cm³/mol. The quantitative estimate of drug-likeness (QED) is 0.854. The van der Waals surface area contributed by atoms with Gasteiger partial charge in [0.15, 0.2) is 0 Å². The molecule has 0 amide bonds. The second kappa shape index (κ2) is 5.48. The summed E-state index contributed by atoms with van der Waals surface area (Å²) in [5.41, 5.74) is 1.05. The van der Waals surface area contributed by atoms with E-state index in [0.29, 0.717) is 6.04 Å². The topological polar surface area (TPSA) is 21.3 Å². The summed E-state index contributed by atoms with van der Waals surface area (Å²) in [7, 11) is 0. The highest BCUT2D eigenvalue weighted by atomic mass is 35.5. The Morgan fingerprint density at radius 2 is 2.19 bits per heavy atom. The Labute approximate surface area is 101 Å². The van der Waals surface area contributed by atoms with Crippen molar-refractivity contribution in [3.05, 3.63) is 40.9 Å². The standard InChI is InChI=1S/C13H16ClNO/c1-10-8-16-9-12(15-10)7-6-11-4-2-3-5-13(11)14/h2-7,10,12,15H,8-9H2,1H3/b7-6+. The Bertz CT molecular complexity index is 378. The maximum absolute atomic E-state index is 6.07. The molecule has 3 heteroatoms. The monoisotopic (exact) mass is 237 g/mol. The summed E-state index contributed by atoms with van der Waals surface area (Å²) in [6, 6.07) is 8.51. The van der Waals surface area contributed by atoms with Crippen LogP contribution in [-0.4, -0.2) is 25.3 Å². The van der Waals surface area contributed by atoms with Gasteiger partial charge in [-0.25, -0.2) is 0 Å². The van der Waals surface area contributed by atoms with Crippen molar-refractivity contribution in [1.82, 2.24) is 5.32 Å². The zero-order valence-corrected chi connectivity index (χ0v) is 10.1. The first-order chi connectivity index (χ1) is 7.75. The number of hydrogen-bond acceptors (Lipinski definition) is 2. The second-order valence-corrected chi connectivity index (χ2v) is 4.50. The molecule has 2 unspecified atom stereocenters. The average molecular weight is 238 g/mol. The third kappa shape index (κ3) is 3.08. The molecule has 1 aromatic carbocycles. The van der Waals surface area contributed by atoms with Gasteiger partial charge >= 0.3 is 0 Å². The summed E-state index contributed by atoms with van der Waals surface area (Å²) in [4.78, 5) is 0. The summed E-state index contributed by atoms with van der Waals surface area (Å²) in [5, 5.41) is 4.23. The van der Waals surface area contributed by atoms with Crippen LogP contribution in [0.2, 0.25) is 5.02 Å². The highest BCUT2D eigenvalue weighted by Gasteiger charge is 2.15. The molecule has 1 aromatic rings. The Morgan fingerprint density at radius 3 is 2.94 bits per heavy atom. The largest absolute Gasteiger partial charge is 0.378 e. The fourth-order valence-electron chi connectivity index (χ4n) is 1.77. The number of benzene rings is 1. The molecule has 0 aliphatic carbocycles. The fraction of sp³-hybridized carbons (Fsp3) is 0.385. The number of nitrogens with one attached hydrogen (secondary N) is 1. The summed E-state index contributed by atoms with van der Waals surface area (Å²) in [6.07, 6.45) is 4.15. The lowest BCUT2D eigenvalue weighted by Gasteiger charge is -2.26. The SMILES string of the molecule is CC1COCC(/C=C/c2ccccc2Cl)N1. The molecule has 0 saturated carbocycles. The van der Waals surface area contributed by atoms with Gasteiger partial charge in [-0.3, -0.25) is 0 Å². The first kappa shape index (κ1) is 11.6. The second-order valence-electron chi connectivity index (χ2n) is 4.09. The Balaban J connectivity index is 2.01. The number of rotatable bonds is 2. The maximum Gasteiger partial charge on any atom is 0.0656 e. The van der Waals surface area contributed by atoms with Crippen LogP contribution in [0.3, 0.4) is 0 Å². The number of ether oxygens (including phenoxy) is 1. The van der Waals surface area contributed by atoms with Gasteiger partial charge in [0.2, 0.25) is 0 Å². The van der Waals surface area contributed by atoms with Crippen molar-refractivity contribution >= 4 is 17.7 Å². The molecule has 1 fully saturated rings. The van der Waals surface area contributed by atoms with E-state index < -0.39 is 0 Å². The van der Waals surface area contributed by atoms with Crippen molar-refractivity contribution in [3.8, 4) is 0 Å². The van der Waals surface area contributed by atoms with E-state index in [1.807, 2.05) is 30.3 Å². The van der Waals surface area contributed by atoms with Crippen molar-refractivity contribution in [3.63, 3.8) is 0 Å². The highest BCUT2D eigenvalue weighted by molar-refractivity contribution is 6.32. The Morgan fingerprint density at radius 1 is 1.38 bits per heavy atom. The van der Waals surface area contributed by atoms with Gasteiger partial charge in [-0.05, 0) is 18.6 Å². The van der Waals surface area contributed by atoms with Crippen LogP contribution in [0, 0.1) is 0 Å². The Hall–Kier alpha value is -0.830. The van der Waals surface area contributed by atoms with Gasteiger partial charge in [-0.1, -0.05) is 42.0 Å². The van der Waals surface area contributed by atoms with Crippen LogP contribution in [0.25, 0.3) is 6.08 Å². The fourth-order valence-corrected chi connectivity index (χ4v) is 1.97. The molecular weight excluding hydrogens is 222 g/mol. The number of halogens is 1. The third-order valence-corrected chi connectivity index (χ3v) is 2.92. The molecule has 2 nitrogen and oxygen atoms in total. The van der Waals surface area contributed by atoms with Gasteiger partial charge in [0.1, 0.15) is 0 Å². The molecule has 1 N–H and O–H groups in total. The van der Waals surface area contributed by atoms with Crippen LogP contribution >= 0.6 is 11.6 Å². The van der Waals surface area contributed by atoms with Gasteiger partial charge < -0.3 is 10.1 Å². The van der Waals surface area contributed by atoms with Crippen molar-refractivity contribution in [2.24, 2.45) is 0 Å². The zero-order chi connectivity index (χ0) is 11.4. The number of morpholine rings is 1. The van der Waals surface area contributed by atoms with E-state index in [-0.39, 0.29) is 6.04 Å². The lowest BCUT2D eigenvalue weighted by Crippen LogP contribution is -2.46. The first-order valence-electron chi connectivity index (χ1n) is 5.52. The lowest BCUT2D eigenvalue weighted by molar-refractivity contribution is 0.0637. The van der Waals surface area contributed by atoms with Crippen LogP contribution in [0.5, 0.6) is 0 Å². The van der Waals surface area contributed by atoms with Gasteiger partial charge in [0.05, 0.1) is 13.2 Å². The van der Waals surface area contributed by atoms with E-state index in [1.54, 1.807) is 0 Å². The maximum atomic E-state index is 6.07. The highest BCUT2D eigenvalue weighted by Crippen LogP contribution is 2.16. The minimum absolute atomic E-state index is 0.278. The average Bonchev–Trinajstić information content (AvgIpc) is 2.28. The van der Waals surface area contributed by atoms with Gasteiger partial charge in [0, 0.05) is 17.1 Å².